The number of nitrogens with zero attached hydrogens (tertiary/aromatic N) is 2. The van der Waals surface area contributed by atoms with Crippen LogP contribution < -0.4 is 11.1 Å². The SMILES string of the molecule is CC(C)c1cccc(NC(N)=NCC2CCN(C(=O)OC(C)(C)C)CC2)c1.I. The second-order valence-corrected chi connectivity index (χ2v) is 8.54. The predicted molar refractivity (Wildman–Crippen MR) is 127 cm³/mol. The molecule has 3 N–H and O–H groups in total. The van der Waals surface area contributed by atoms with Crippen molar-refractivity contribution >= 4 is 41.7 Å². The van der Waals surface area contributed by atoms with E-state index in [2.05, 4.69) is 36.3 Å². The molecule has 6 nitrogen and oxygen atoms in total. The van der Waals surface area contributed by atoms with Crippen molar-refractivity contribution in [3.05, 3.63) is 29.8 Å². The van der Waals surface area contributed by atoms with Crippen molar-refractivity contribution in [1.29, 1.82) is 0 Å². The zero-order valence-electron chi connectivity index (χ0n) is 17.7. The zero-order chi connectivity index (χ0) is 20.0. The van der Waals surface area contributed by atoms with Crippen LogP contribution >= 0.6 is 24.0 Å². The lowest BCUT2D eigenvalue weighted by atomic mass is 9.97. The molecule has 0 unspecified atom stereocenters. The predicted octanol–water partition coefficient (Wildman–Crippen LogP) is 4.80. The average Bonchev–Trinajstić information content (AvgIpc) is 2.59. The van der Waals surface area contributed by atoms with Crippen molar-refractivity contribution in [1.82, 2.24) is 4.90 Å². The maximum Gasteiger partial charge on any atom is 0.410 e. The summed E-state index contributed by atoms with van der Waals surface area (Å²) in [4.78, 5) is 18.4. The first-order valence-corrected chi connectivity index (χ1v) is 9.79. The number of carbonyl (C=O) groups is 1. The molecule has 2 rings (SSSR count). The van der Waals surface area contributed by atoms with Gasteiger partial charge in [0.05, 0.1) is 0 Å². The molecule has 1 aliphatic heterocycles. The second-order valence-electron chi connectivity index (χ2n) is 8.54. The Hall–Kier alpha value is -1.51. The molecule has 0 spiro atoms. The van der Waals surface area contributed by atoms with Crippen molar-refractivity contribution in [2.45, 2.75) is 59.0 Å². The third kappa shape index (κ3) is 8.24. The van der Waals surface area contributed by atoms with Crippen LogP contribution in [0.2, 0.25) is 0 Å². The van der Waals surface area contributed by atoms with Gasteiger partial charge < -0.3 is 20.7 Å². The van der Waals surface area contributed by atoms with Crippen LogP contribution in [-0.4, -0.2) is 42.2 Å². The molecule has 1 fully saturated rings. The Morgan fingerprint density at radius 1 is 1.32 bits per heavy atom. The summed E-state index contributed by atoms with van der Waals surface area (Å²) in [6.45, 7) is 12.1. The monoisotopic (exact) mass is 502 g/mol. The summed E-state index contributed by atoms with van der Waals surface area (Å²) in [5, 5.41) is 3.17. The molecule has 1 aliphatic rings. The zero-order valence-corrected chi connectivity index (χ0v) is 20.0. The highest BCUT2D eigenvalue weighted by Gasteiger charge is 2.26. The van der Waals surface area contributed by atoms with Crippen molar-refractivity contribution in [3.8, 4) is 0 Å². The summed E-state index contributed by atoms with van der Waals surface area (Å²) >= 11 is 0. The molecular formula is C21H35IN4O2. The number of aliphatic imine (C=N–C) groups is 1. The molecule has 0 bridgehead atoms. The van der Waals surface area contributed by atoms with Crippen LogP contribution in [-0.2, 0) is 4.74 Å². The number of hydrogen-bond acceptors (Lipinski definition) is 3. The minimum absolute atomic E-state index is 0. The lowest BCUT2D eigenvalue weighted by molar-refractivity contribution is 0.0187. The number of amides is 1. The van der Waals surface area contributed by atoms with E-state index in [0.717, 1.165) is 18.5 Å². The molecule has 1 aromatic rings. The normalized spacial score (nSPS) is 15.9. The number of carbonyl (C=O) groups excluding carboxylic acids is 1. The van der Waals surface area contributed by atoms with Gasteiger partial charge in [-0.2, -0.15) is 0 Å². The molecule has 1 heterocycles. The molecule has 158 valence electrons. The topological polar surface area (TPSA) is 80.0 Å². The first kappa shape index (κ1) is 24.5. The smallest absolute Gasteiger partial charge is 0.410 e. The summed E-state index contributed by atoms with van der Waals surface area (Å²) in [5.74, 6) is 1.34. The van der Waals surface area contributed by atoms with Gasteiger partial charge in [-0.1, -0.05) is 26.0 Å². The lowest BCUT2D eigenvalue weighted by Crippen LogP contribution is -2.42. The fourth-order valence-electron chi connectivity index (χ4n) is 3.01. The van der Waals surface area contributed by atoms with E-state index in [9.17, 15) is 4.79 Å². The fourth-order valence-corrected chi connectivity index (χ4v) is 3.01. The molecule has 0 saturated carbocycles. The number of nitrogens with one attached hydrogen (secondary N) is 1. The van der Waals surface area contributed by atoms with Gasteiger partial charge in [0.25, 0.3) is 0 Å². The van der Waals surface area contributed by atoms with Gasteiger partial charge in [-0.15, -0.1) is 24.0 Å². The van der Waals surface area contributed by atoms with Crippen LogP contribution in [0.25, 0.3) is 0 Å². The van der Waals surface area contributed by atoms with Crippen molar-refractivity contribution in [3.63, 3.8) is 0 Å². The summed E-state index contributed by atoms with van der Waals surface area (Å²) in [7, 11) is 0. The van der Waals surface area contributed by atoms with E-state index in [4.69, 9.17) is 10.5 Å². The van der Waals surface area contributed by atoms with Gasteiger partial charge in [0.15, 0.2) is 5.96 Å². The Morgan fingerprint density at radius 2 is 1.96 bits per heavy atom. The van der Waals surface area contributed by atoms with Gasteiger partial charge in [-0.05, 0) is 63.1 Å². The highest BCUT2D eigenvalue weighted by atomic mass is 127. The van der Waals surface area contributed by atoms with Gasteiger partial charge >= 0.3 is 6.09 Å². The Kier molecular flexibility index (Phi) is 9.53. The minimum atomic E-state index is -0.453. The van der Waals surface area contributed by atoms with Gasteiger partial charge in [-0.3, -0.25) is 4.99 Å². The van der Waals surface area contributed by atoms with Crippen LogP contribution in [0, 0.1) is 5.92 Å². The average molecular weight is 502 g/mol. The highest BCUT2D eigenvalue weighted by molar-refractivity contribution is 14.0. The third-order valence-corrected chi connectivity index (χ3v) is 4.61. The molecule has 0 radical (unpaired) electrons. The van der Waals surface area contributed by atoms with Crippen LogP contribution in [0.5, 0.6) is 0 Å². The van der Waals surface area contributed by atoms with E-state index < -0.39 is 5.60 Å². The fraction of sp³-hybridized carbons (Fsp3) is 0.619. The summed E-state index contributed by atoms with van der Waals surface area (Å²) < 4.78 is 5.43. The molecule has 7 heteroatoms. The van der Waals surface area contributed by atoms with E-state index in [1.165, 1.54) is 5.56 Å². The number of guanidine groups is 1. The van der Waals surface area contributed by atoms with Crippen molar-refractivity contribution in [2.75, 3.05) is 25.0 Å². The Labute approximate surface area is 186 Å². The number of hydrogen-bond donors (Lipinski definition) is 2. The highest BCUT2D eigenvalue weighted by Crippen LogP contribution is 2.21. The van der Waals surface area contributed by atoms with Crippen molar-refractivity contribution < 1.29 is 9.53 Å². The van der Waals surface area contributed by atoms with E-state index in [1.54, 1.807) is 4.90 Å². The number of anilines is 1. The quantitative estimate of drug-likeness (QED) is 0.352. The van der Waals surface area contributed by atoms with E-state index in [-0.39, 0.29) is 30.1 Å². The maximum atomic E-state index is 12.1. The molecule has 1 saturated heterocycles. The standard InChI is InChI=1S/C21H34N4O2.HI/c1-15(2)17-7-6-8-18(13-17)24-19(22)23-14-16-9-11-25(12-10-16)20(26)27-21(3,4)5;/h6-8,13,15-16H,9-12,14H2,1-5H3,(H3,22,23,24);1H. The third-order valence-electron chi connectivity index (χ3n) is 4.61. The van der Waals surface area contributed by atoms with Crippen LogP contribution in [0.3, 0.4) is 0 Å². The molecule has 0 atom stereocenters. The van der Waals surface area contributed by atoms with Gasteiger partial charge in [0, 0.05) is 25.3 Å². The lowest BCUT2D eigenvalue weighted by Gasteiger charge is -2.33. The van der Waals surface area contributed by atoms with Gasteiger partial charge in [0.2, 0.25) is 0 Å². The molecular weight excluding hydrogens is 467 g/mol. The number of rotatable bonds is 4. The Morgan fingerprint density at radius 3 is 2.54 bits per heavy atom. The minimum Gasteiger partial charge on any atom is -0.444 e. The summed E-state index contributed by atoms with van der Waals surface area (Å²) in [6, 6.07) is 8.24. The van der Waals surface area contributed by atoms with Crippen LogP contribution in [0.1, 0.15) is 58.9 Å². The summed E-state index contributed by atoms with van der Waals surface area (Å²) in [5.41, 5.74) is 7.82. The van der Waals surface area contributed by atoms with Gasteiger partial charge in [0.1, 0.15) is 5.60 Å². The van der Waals surface area contributed by atoms with Crippen LogP contribution in [0.4, 0.5) is 10.5 Å². The second kappa shape index (κ2) is 10.9. The van der Waals surface area contributed by atoms with E-state index >= 15 is 0 Å². The van der Waals surface area contributed by atoms with Crippen molar-refractivity contribution in [2.24, 2.45) is 16.6 Å². The maximum absolute atomic E-state index is 12.1. The number of halogens is 1. The van der Waals surface area contributed by atoms with E-state index in [1.807, 2.05) is 32.9 Å². The number of nitrogens with two attached hydrogens (primary N) is 1. The number of likely N-dealkylation sites (tertiary alicyclic amines) is 1. The van der Waals surface area contributed by atoms with Gasteiger partial charge in [-0.25, -0.2) is 4.79 Å². The number of ether oxygens (including phenoxy) is 1. The van der Waals surface area contributed by atoms with Crippen LogP contribution in [0.15, 0.2) is 29.3 Å². The molecule has 28 heavy (non-hydrogen) atoms. The molecule has 1 amide bonds. The number of piperidine rings is 1. The molecule has 0 aromatic heterocycles. The Bertz CT molecular complexity index is 663. The first-order chi connectivity index (χ1) is 12.6. The summed E-state index contributed by atoms with van der Waals surface area (Å²) in [6.07, 6.45) is 1.60. The largest absolute Gasteiger partial charge is 0.444 e. The Balaban J connectivity index is 0.00000392. The number of benzene rings is 1. The van der Waals surface area contributed by atoms with E-state index in [0.29, 0.717) is 37.4 Å². The first-order valence-electron chi connectivity index (χ1n) is 9.79. The molecule has 0 aliphatic carbocycles. The molecule has 1 aromatic carbocycles.